The minimum Gasteiger partial charge on any atom is -0.376 e. The van der Waals surface area contributed by atoms with Crippen molar-refractivity contribution in [2.24, 2.45) is 0 Å². The SMILES string of the molecule is CCN(CC)S(=O)(=O)c1cc(NCC(=O)NC(=O)NC)ccc1Cl. The van der Waals surface area contributed by atoms with Crippen LogP contribution in [-0.4, -0.2) is 51.3 Å². The first-order chi connectivity index (χ1) is 11.3. The number of halogens is 1. The van der Waals surface area contributed by atoms with Crippen molar-refractivity contribution in [3.05, 3.63) is 23.2 Å². The summed E-state index contributed by atoms with van der Waals surface area (Å²) in [6.07, 6.45) is 0. The summed E-state index contributed by atoms with van der Waals surface area (Å²) >= 11 is 6.02. The second kappa shape index (κ2) is 8.86. The third-order valence-corrected chi connectivity index (χ3v) is 5.72. The summed E-state index contributed by atoms with van der Waals surface area (Å²) in [5.74, 6) is -0.558. The van der Waals surface area contributed by atoms with Gasteiger partial charge in [0.15, 0.2) is 0 Å². The normalized spacial score (nSPS) is 11.2. The molecule has 0 saturated carbocycles. The highest BCUT2D eigenvalue weighted by Gasteiger charge is 2.24. The van der Waals surface area contributed by atoms with Crippen LogP contribution in [0.15, 0.2) is 23.1 Å². The Bertz CT molecular complexity index is 705. The molecule has 0 atom stereocenters. The summed E-state index contributed by atoms with van der Waals surface area (Å²) in [5.41, 5.74) is 0.400. The number of amides is 3. The number of rotatable bonds is 7. The van der Waals surface area contributed by atoms with Gasteiger partial charge in [-0.1, -0.05) is 25.4 Å². The van der Waals surface area contributed by atoms with Crippen molar-refractivity contribution >= 4 is 39.2 Å². The predicted molar refractivity (Wildman–Crippen MR) is 92.6 cm³/mol. The Balaban J connectivity index is 2.94. The number of hydrogen-bond donors (Lipinski definition) is 3. The van der Waals surface area contributed by atoms with Crippen molar-refractivity contribution in [2.45, 2.75) is 18.7 Å². The van der Waals surface area contributed by atoms with Gasteiger partial charge in [-0.2, -0.15) is 4.31 Å². The van der Waals surface area contributed by atoms with Gasteiger partial charge in [-0.05, 0) is 18.2 Å². The van der Waals surface area contributed by atoms with Crippen molar-refractivity contribution < 1.29 is 18.0 Å². The van der Waals surface area contributed by atoms with Gasteiger partial charge >= 0.3 is 6.03 Å². The van der Waals surface area contributed by atoms with Gasteiger partial charge in [-0.25, -0.2) is 13.2 Å². The zero-order chi connectivity index (χ0) is 18.3. The minimum atomic E-state index is -3.72. The van der Waals surface area contributed by atoms with Gasteiger partial charge in [0, 0.05) is 25.8 Å². The topological polar surface area (TPSA) is 108 Å². The lowest BCUT2D eigenvalue weighted by Crippen LogP contribution is -2.40. The summed E-state index contributed by atoms with van der Waals surface area (Å²) in [6.45, 7) is 3.92. The quantitative estimate of drug-likeness (QED) is 0.663. The summed E-state index contributed by atoms with van der Waals surface area (Å²) in [6, 6.07) is 3.74. The Labute approximate surface area is 146 Å². The largest absolute Gasteiger partial charge is 0.376 e. The maximum Gasteiger partial charge on any atom is 0.321 e. The summed E-state index contributed by atoms with van der Waals surface area (Å²) in [7, 11) is -2.33. The van der Waals surface area contributed by atoms with Crippen molar-refractivity contribution in [1.29, 1.82) is 0 Å². The molecule has 0 aromatic heterocycles. The average Bonchev–Trinajstić information content (AvgIpc) is 2.54. The number of benzene rings is 1. The number of imide groups is 1. The molecule has 1 aromatic carbocycles. The molecule has 0 spiro atoms. The molecule has 0 aliphatic heterocycles. The van der Waals surface area contributed by atoms with E-state index >= 15 is 0 Å². The van der Waals surface area contributed by atoms with E-state index in [4.69, 9.17) is 11.6 Å². The molecule has 0 aliphatic rings. The molecule has 1 aromatic rings. The second-order valence-electron chi connectivity index (χ2n) is 4.72. The van der Waals surface area contributed by atoms with Gasteiger partial charge in [0.2, 0.25) is 15.9 Å². The fourth-order valence-electron chi connectivity index (χ4n) is 1.93. The number of sulfonamides is 1. The van der Waals surface area contributed by atoms with Crippen molar-refractivity contribution in [1.82, 2.24) is 14.9 Å². The molecule has 1 rings (SSSR count). The van der Waals surface area contributed by atoms with Crippen molar-refractivity contribution in [3.63, 3.8) is 0 Å². The van der Waals surface area contributed by atoms with E-state index in [1.807, 2.05) is 0 Å². The number of carbonyl (C=O) groups is 2. The van der Waals surface area contributed by atoms with Crippen LogP contribution >= 0.6 is 11.6 Å². The van der Waals surface area contributed by atoms with E-state index in [9.17, 15) is 18.0 Å². The third-order valence-electron chi connectivity index (χ3n) is 3.19. The third kappa shape index (κ3) is 5.08. The van der Waals surface area contributed by atoms with Gasteiger partial charge in [0.1, 0.15) is 4.90 Å². The fourth-order valence-corrected chi connectivity index (χ4v) is 3.89. The molecule has 0 radical (unpaired) electrons. The van der Waals surface area contributed by atoms with Crippen LogP contribution in [0.25, 0.3) is 0 Å². The molecule has 0 fully saturated rings. The first-order valence-electron chi connectivity index (χ1n) is 7.31. The highest BCUT2D eigenvalue weighted by Crippen LogP contribution is 2.27. The number of hydrogen-bond acceptors (Lipinski definition) is 5. The number of nitrogens with zero attached hydrogens (tertiary/aromatic N) is 1. The lowest BCUT2D eigenvalue weighted by atomic mass is 10.3. The van der Waals surface area contributed by atoms with Gasteiger partial charge < -0.3 is 10.6 Å². The smallest absolute Gasteiger partial charge is 0.321 e. The van der Waals surface area contributed by atoms with E-state index in [0.29, 0.717) is 18.8 Å². The zero-order valence-corrected chi connectivity index (χ0v) is 15.3. The molecule has 3 amide bonds. The van der Waals surface area contributed by atoms with Crippen LogP contribution in [0.4, 0.5) is 10.5 Å². The Morgan fingerprint density at radius 1 is 1.21 bits per heavy atom. The van der Waals surface area contributed by atoms with Crippen LogP contribution < -0.4 is 16.0 Å². The molecule has 24 heavy (non-hydrogen) atoms. The molecule has 0 aliphatic carbocycles. The van der Waals surface area contributed by atoms with E-state index in [1.54, 1.807) is 19.9 Å². The van der Waals surface area contributed by atoms with Crippen LogP contribution in [-0.2, 0) is 14.8 Å². The summed E-state index contributed by atoms with van der Waals surface area (Å²) < 4.78 is 26.4. The predicted octanol–water partition coefficient (Wildman–Crippen LogP) is 1.24. The zero-order valence-electron chi connectivity index (χ0n) is 13.7. The Morgan fingerprint density at radius 3 is 2.38 bits per heavy atom. The van der Waals surface area contributed by atoms with E-state index in [2.05, 4.69) is 16.0 Å². The van der Waals surface area contributed by atoms with Crippen LogP contribution in [0.2, 0.25) is 5.02 Å². The highest BCUT2D eigenvalue weighted by atomic mass is 35.5. The van der Waals surface area contributed by atoms with E-state index in [0.717, 1.165) is 0 Å². The summed E-state index contributed by atoms with van der Waals surface area (Å²) in [4.78, 5) is 22.5. The Morgan fingerprint density at radius 2 is 1.83 bits per heavy atom. The first-order valence-corrected chi connectivity index (χ1v) is 9.13. The van der Waals surface area contributed by atoms with Gasteiger partial charge in [0.25, 0.3) is 0 Å². The van der Waals surface area contributed by atoms with Crippen molar-refractivity contribution in [2.75, 3.05) is 32.0 Å². The number of anilines is 1. The van der Waals surface area contributed by atoms with Crippen LogP contribution in [0.1, 0.15) is 13.8 Å². The van der Waals surface area contributed by atoms with Crippen LogP contribution in [0.3, 0.4) is 0 Å². The molecule has 0 unspecified atom stereocenters. The highest BCUT2D eigenvalue weighted by molar-refractivity contribution is 7.89. The Kier molecular flexibility index (Phi) is 7.46. The van der Waals surface area contributed by atoms with Gasteiger partial charge in [-0.15, -0.1) is 0 Å². The molecule has 10 heteroatoms. The molecule has 0 bridgehead atoms. The molecular formula is C14H21ClN4O4S. The molecule has 8 nitrogen and oxygen atoms in total. The van der Waals surface area contributed by atoms with Crippen LogP contribution in [0.5, 0.6) is 0 Å². The average molecular weight is 377 g/mol. The first kappa shape index (κ1) is 20.2. The maximum atomic E-state index is 12.6. The fraction of sp³-hybridized carbons (Fsp3) is 0.429. The maximum absolute atomic E-state index is 12.6. The van der Waals surface area contributed by atoms with Gasteiger partial charge in [0.05, 0.1) is 11.6 Å². The number of urea groups is 1. The van der Waals surface area contributed by atoms with E-state index < -0.39 is 22.0 Å². The lowest BCUT2D eigenvalue weighted by molar-refractivity contribution is -0.118. The molecule has 134 valence electrons. The van der Waals surface area contributed by atoms with Crippen LogP contribution in [0, 0.1) is 0 Å². The monoisotopic (exact) mass is 376 g/mol. The molecule has 3 N–H and O–H groups in total. The van der Waals surface area contributed by atoms with Gasteiger partial charge in [-0.3, -0.25) is 10.1 Å². The minimum absolute atomic E-state index is 0.0374. The molecule has 0 heterocycles. The van der Waals surface area contributed by atoms with E-state index in [1.165, 1.54) is 23.5 Å². The molecular weight excluding hydrogens is 356 g/mol. The van der Waals surface area contributed by atoms with Crippen molar-refractivity contribution in [3.8, 4) is 0 Å². The summed E-state index contributed by atoms with van der Waals surface area (Å²) in [5, 5.41) is 7.20. The molecule has 0 saturated heterocycles. The number of nitrogens with one attached hydrogen (secondary N) is 3. The lowest BCUT2D eigenvalue weighted by Gasteiger charge is -2.19. The number of carbonyl (C=O) groups excluding carboxylic acids is 2. The van der Waals surface area contributed by atoms with E-state index in [-0.39, 0.29) is 16.5 Å². The standard InChI is InChI=1S/C14H21ClN4O4S/c1-4-19(5-2)24(22,23)12-8-10(6-7-11(12)15)17-9-13(20)18-14(21)16-3/h6-8,17H,4-5,9H2,1-3H3,(H2,16,18,20,21). The second-order valence-corrected chi connectivity index (χ2v) is 7.03. The Hall–Kier alpha value is -1.84.